The SMILES string of the molecule is c1ccc2c(-c3ccc(-c4c5ccccc5c(-c5ccc6c(c5)sc5cccc(-c7c8ccccc8c(-c8ccc(-c9cccc%10ccccc9%10)cc8)c8ccccc78)c56)c5ccccc45)cc3)cccc2c1. The lowest BCUT2D eigenvalue weighted by Gasteiger charge is -2.19. The maximum absolute atomic E-state index is 2.46. The van der Waals surface area contributed by atoms with Crippen LogP contribution in [0.4, 0.5) is 0 Å². The molecule has 0 saturated heterocycles. The van der Waals surface area contributed by atoms with Crippen LogP contribution >= 0.6 is 11.3 Å². The summed E-state index contributed by atoms with van der Waals surface area (Å²) in [5.74, 6) is 0. The molecule has 0 unspecified atom stereocenters. The highest BCUT2D eigenvalue weighted by Crippen LogP contribution is 2.50. The molecule has 0 radical (unpaired) electrons. The first-order chi connectivity index (χ1) is 36.2. The van der Waals surface area contributed by atoms with E-state index in [1.54, 1.807) is 0 Å². The quantitative estimate of drug-likeness (QED) is 0.146. The van der Waals surface area contributed by atoms with Gasteiger partial charge in [-0.2, -0.15) is 0 Å². The molecule has 14 aromatic carbocycles. The van der Waals surface area contributed by atoms with Crippen molar-refractivity contribution in [3.63, 3.8) is 0 Å². The third-order valence-electron chi connectivity index (χ3n) is 15.5. The fourth-order valence-corrected chi connectivity index (χ4v) is 13.4. The maximum Gasteiger partial charge on any atom is 0.0361 e. The van der Waals surface area contributed by atoms with Crippen LogP contribution in [-0.4, -0.2) is 0 Å². The van der Waals surface area contributed by atoms with Crippen molar-refractivity contribution in [3.8, 4) is 66.8 Å². The number of thiophene rings is 1. The third-order valence-corrected chi connectivity index (χ3v) is 16.6. The molecular formula is C72H44S. The molecule has 0 fully saturated rings. The Labute approximate surface area is 427 Å². The smallest absolute Gasteiger partial charge is 0.0361 e. The van der Waals surface area contributed by atoms with Crippen molar-refractivity contribution >= 4 is 96.1 Å². The van der Waals surface area contributed by atoms with Crippen LogP contribution < -0.4 is 0 Å². The summed E-state index contributed by atoms with van der Waals surface area (Å²) in [6.45, 7) is 0. The Morgan fingerprint density at radius 1 is 0.192 bits per heavy atom. The summed E-state index contributed by atoms with van der Waals surface area (Å²) in [6, 6.07) is 99.2. The second-order valence-electron chi connectivity index (χ2n) is 19.4. The van der Waals surface area contributed by atoms with Crippen LogP contribution in [0.2, 0.25) is 0 Å². The molecule has 73 heavy (non-hydrogen) atoms. The normalized spacial score (nSPS) is 11.8. The first-order valence-electron chi connectivity index (χ1n) is 25.2. The molecule has 0 aliphatic heterocycles. The van der Waals surface area contributed by atoms with E-state index in [1.165, 1.54) is 152 Å². The number of benzene rings is 14. The summed E-state index contributed by atoms with van der Waals surface area (Å²) in [7, 11) is 0. The zero-order valence-corrected chi connectivity index (χ0v) is 40.6. The van der Waals surface area contributed by atoms with Crippen molar-refractivity contribution < 1.29 is 0 Å². The summed E-state index contributed by atoms with van der Waals surface area (Å²) in [4.78, 5) is 0. The van der Waals surface area contributed by atoms with Crippen LogP contribution in [0.3, 0.4) is 0 Å². The molecule has 1 heteroatoms. The molecule has 15 aromatic rings. The van der Waals surface area contributed by atoms with Crippen molar-refractivity contribution in [1.82, 2.24) is 0 Å². The maximum atomic E-state index is 2.46. The lowest BCUT2D eigenvalue weighted by atomic mass is 9.84. The zero-order chi connectivity index (χ0) is 48.0. The predicted molar refractivity (Wildman–Crippen MR) is 317 cm³/mol. The highest BCUT2D eigenvalue weighted by Gasteiger charge is 2.22. The van der Waals surface area contributed by atoms with Crippen molar-refractivity contribution in [3.05, 3.63) is 267 Å². The van der Waals surface area contributed by atoms with Crippen LogP contribution in [0, 0.1) is 0 Å². The summed E-state index contributed by atoms with van der Waals surface area (Å²) in [6.07, 6.45) is 0. The topological polar surface area (TPSA) is 0 Å². The van der Waals surface area contributed by atoms with Crippen molar-refractivity contribution in [2.45, 2.75) is 0 Å². The Hall–Kier alpha value is -9.14. The average molecular weight is 941 g/mol. The summed E-state index contributed by atoms with van der Waals surface area (Å²) in [5, 5.41) is 17.8. The molecule has 0 atom stereocenters. The molecular weight excluding hydrogens is 897 g/mol. The highest BCUT2D eigenvalue weighted by atomic mass is 32.1. The standard InChI is InChI=1S/C72H44S/c1-3-20-52-45(16-1)18-13-30-54(52)47-34-38-49(39-35-47)68-56-22-5-7-24-58(56)70(59-25-8-6-23-57(59)68)51-42-43-64-67(44-51)73-66-33-15-32-65(72(64)66)71-62-28-11-9-26-60(62)69(61-27-10-12-29-63(61)71)50-40-36-48(37-41-50)55-31-14-19-46-17-2-4-21-53(46)55/h1-44H. The molecule has 0 bridgehead atoms. The molecule has 0 aliphatic rings. The average Bonchev–Trinajstić information content (AvgIpc) is 3.84. The monoisotopic (exact) mass is 940 g/mol. The largest absolute Gasteiger partial charge is 0.135 e. The van der Waals surface area contributed by atoms with E-state index in [1.807, 2.05) is 11.3 Å². The van der Waals surface area contributed by atoms with Gasteiger partial charge < -0.3 is 0 Å². The van der Waals surface area contributed by atoms with Crippen LogP contribution in [0.25, 0.3) is 152 Å². The Morgan fingerprint density at radius 2 is 0.521 bits per heavy atom. The summed E-state index contributed by atoms with van der Waals surface area (Å²) in [5.41, 5.74) is 15.0. The molecule has 338 valence electrons. The first-order valence-corrected chi connectivity index (χ1v) is 26.1. The first kappa shape index (κ1) is 41.6. The number of hydrogen-bond donors (Lipinski definition) is 0. The highest BCUT2D eigenvalue weighted by molar-refractivity contribution is 7.26. The van der Waals surface area contributed by atoms with E-state index in [4.69, 9.17) is 0 Å². The molecule has 0 aliphatic carbocycles. The predicted octanol–water partition coefficient (Wildman–Crippen LogP) is 21.0. The van der Waals surface area contributed by atoms with E-state index in [0.29, 0.717) is 0 Å². The second-order valence-corrected chi connectivity index (χ2v) is 20.5. The Morgan fingerprint density at radius 3 is 0.973 bits per heavy atom. The second kappa shape index (κ2) is 16.7. The van der Waals surface area contributed by atoms with E-state index in [-0.39, 0.29) is 0 Å². The van der Waals surface area contributed by atoms with Gasteiger partial charge in [0.1, 0.15) is 0 Å². The molecule has 0 amide bonds. The molecule has 0 nitrogen and oxygen atoms in total. The van der Waals surface area contributed by atoms with Crippen LogP contribution in [0.1, 0.15) is 0 Å². The van der Waals surface area contributed by atoms with E-state index < -0.39 is 0 Å². The van der Waals surface area contributed by atoms with E-state index in [2.05, 4.69) is 267 Å². The van der Waals surface area contributed by atoms with Crippen molar-refractivity contribution in [1.29, 1.82) is 0 Å². The lowest BCUT2D eigenvalue weighted by molar-refractivity contribution is 1.63. The van der Waals surface area contributed by atoms with Crippen LogP contribution in [0.5, 0.6) is 0 Å². The zero-order valence-electron chi connectivity index (χ0n) is 39.8. The van der Waals surface area contributed by atoms with Gasteiger partial charge in [0, 0.05) is 20.2 Å². The number of hydrogen-bond acceptors (Lipinski definition) is 1. The van der Waals surface area contributed by atoms with Gasteiger partial charge in [0.25, 0.3) is 0 Å². The Balaban J connectivity index is 0.871. The van der Waals surface area contributed by atoms with Gasteiger partial charge >= 0.3 is 0 Å². The molecule has 0 saturated carbocycles. The molecule has 0 N–H and O–H groups in total. The third kappa shape index (κ3) is 6.60. The fourth-order valence-electron chi connectivity index (χ4n) is 12.3. The Kier molecular flexibility index (Phi) is 9.55. The van der Waals surface area contributed by atoms with Crippen molar-refractivity contribution in [2.75, 3.05) is 0 Å². The minimum Gasteiger partial charge on any atom is -0.135 e. The van der Waals surface area contributed by atoms with Gasteiger partial charge in [-0.3, -0.25) is 0 Å². The molecule has 1 aromatic heterocycles. The Bertz CT molecular complexity index is 4580. The van der Waals surface area contributed by atoms with Crippen LogP contribution in [-0.2, 0) is 0 Å². The molecule has 15 rings (SSSR count). The number of fused-ring (bicyclic) bond motifs is 9. The summed E-state index contributed by atoms with van der Waals surface area (Å²) < 4.78 is 2.58. The lowest BCUT2D eigenvalue weighted by Crippen LogP contribution is -1.91. The van der Waals surface area contributed by atoms with Gasteiger partial charge in [-0.25, -0.2) is 0 Å². The number of rotatable bonds is 6. The van der Waals surface area contributed by atoms with Gasteiger partial charge in [0.15, 0.2) is 0 Å². The summed E-state index contributed by atoms with van der Waals surface area (Å²) >= 11 is 1.90. The van der Waals surface area contributed by atoms with Gasteiger partial charge in [-0.05, 0) is 144 Å². The van der Waals surface area contributed by atoms with Gasteiger partial charge in [0.05, 0.1) is 0 Å². The van der Waals surface area contributed by atoms with Gasteiger partial charge in [0.2, 0.25) is 0 Å². The minimum atomic E-state index is 1.22. The fraction of sp³-hybridized carbons (Fsp3) is 0. The molecule has 0 spiro atoms. The van der Waals surface area contributed by atoms with E-state index in [9.17, 15) is 0 Å². The van der Waals surface area contributed by atoms with E-state index >= 15 is 0 Å². The van der Waals surface area contributed by atoms with E-state index in [0.717, 1.165) is 0 Å². The molecule has 1 heterocycles. The van der Waals surface area contributed by atoms with Crippen LogP contribution in [0.15, 0.2) is 267 Å². The van der Waals surface area contributed by atoms with Gasteiger partial charge in [-0.15, -0.1) is 11.3 Å². The van der Waals surface area contributed by atoms with Gasteiger partial charge in [-0.1, -0.05) is 255 Å². The van der Waals surface area contributed by atoms with Crippen molar-refractivity contribution in [2.24, 2.45) is 0 Å². The minimum absolute atomic E-state index is 1.22.